The molecule has 4 heteroatoms. The number of fused-ring (bicyclic) bond motifs is 1. The molecule has 0 amide bonds. The Bertz CT molecular complexity index is 755. The summed E-state index contributed by atoms with van der Waals surface area (Å²) in [6.07, 6.45) is 6.94. The molecule has 1 aromatic heterocycles. The fraction of sp³-hybridized carbons (Fsp3) is 0.550. The van der Waals surface area contributed by atoms with Crippen LogP contribution in [0.2, 0.25) is 0 Å². The van der Waals surface area contributed by atoms with Gasteiger partial charge in [0.2, 0.25) is 0 Å². The molecule has 1 N–H and O–H groups in total. The number of hydrogen-bond donors (Lipinski definition) is 1. The van der Waals surface area contributed by atoms with Gasteiger partial charge >= 0.3 is 5.97 Å². The number of likely N-dealkylation sites (tertiary alicyclic amines) is 1. The number of rotatable bonds is 6. The second-order valence-corrected chi connectivity index (χ2v) is 7.04. The van der Waals surface area contributed by atoms with Crippen molar-refractivity contribution in [2.75, 3.05) is 19.6 Å². The topological polar surface area (TPSA) is 45.5 Å². The van der Waals surface area contributed by atoms with E-state index >= 15 is 0 Å². The Morgan fingerprint density at radius 3 is 2.54 bits per heavy atom. The highest BCUT2D eigenvalue weighted by atomic mass is 16.4. The minimum absolute atomic E-state index is 0.441. The van der Waals surface area contributed by atoms with Gasteiger partial charge in [-0.2, -0.15) is 0 Å². The molecule has 3 rings (SSSR count). The third-order valence-electron chi connectivity index (χ3n) is 5.26. The molecule has 0 bridgehead atoms. The van der Waals surface area contributed by atoms with E-state index in [-0.39, 0.29) is 0 Å². The molecule has 2 heterocycles. The number of aromatic carboxylic acids is 1. The fourth-order valence-corrected chi connectivity index (χ4v) is 4.10. The molecule has 1 saturated heterocycles. The van der Waals surface area contributed by atoms with Crippen LogP contribution in [0.15, 0.2) is 12.3 Å². The highest BCUT2D eigenvalue weighted by molar-refractivity contribution is 6.00. The highest BCUT2D eigenvalue weighted by Crippen LogP contribution is 2.31. The first kappa shape index (κ1) is 17.0. The fourth-order valence-electron chi connectivity index (χ4n) is 4.10. The van der Waals surface area contributed by atoms with E-state index in [1.165, 1.54) is 42.4 Å². The summed E-state index contributed by atoms with van der Waals surface area (Å²) in [7, 11) is 0. The molecule has 1 aliphatic rings. The second-order valence-electron chi connectivity index (χ2n) is 7.04. The van der Waals surface area contributed by atoms with Gasteiger partial charge in [0.15, 0.2) is 0 Å². The highest BCUT2D eigenvalue weighted by Gasteiger charge is 2.19. The van der Waals surface area contributed by atoms with Crippen LogP contribution in [0, 0.1) is 13.8 Å². The number of nitrogens with zero attached hydrogens (tertiary/aromatic N) is 2. The summed E-state index contributed by atoms with van der Waals surface area (Å²) in [5.41, 5.74) is 4.93. The van der Waals surface area contributed by atoms with Gasteiger partial charge in [-0.15, -0.1) is 0 Å². The molecule has 0 unspecified atom stereocenters. The monoisotopic (exact) mass is 328 g/mol. The Hall–Kier alpha value is -1.81. The smallest absolute Gasteiger partial charge is 0.335 e. The van der Waals surface area contributed by atoms with Gasteiger partial charge in [0.25, 0.3) is 0 Å². The first-order chi connectivity index (χ1) is 11.5. The van der Waals surface area contributed by atoms with Crippen LogP contribution in [0.5, 0.6) is 0 Å². The summed E-state index contributed by atoms with van der Waals surface area (Å²) in [4.78, 5) is 14.1. The van der Waals surface area contributed by atoms with E-state index in [9.17, 15) is 9.90 Å². The van der Waals surface area contributed by atoms with E-state index in [0.717, 1.165) is 37.1 Å². The first-order valence-electron chi connectivity index (χ1n) is 9.10. The molecule has 0 atom stereocenters. The number of aromatic nitrogens is 1. The normalized spacial score (nSPS) is 15.5. The van der Waals surface area contributed by atoms with Crippen molar-refractivity contribution in [3.63, 3.8) is 0 Å². The maximum atomic E-state index is 11.6. The first-order valence-corrected chi connectivity index (χ1v) is 9.10. The van der Waals surface area contributed by atoms with Gasteiger partial charge in [-0.1, -0.05) is 6.92 Å². The number of carboxylic acids is 1. The molecular formula is C20H28N2O2. The molecule has 1 aromatic carbocycles. The summed E-state index contributed by atoms with van der Waals surface area (Å²) in [6.45, 7) is 10.6. The summed E-state index contributed by atoms with van der Waals surface area (Å²) < 4.78 is 2.32. The molecule has 0 saturated carbocycles. The molecule has 130 valence electrons. The minimum Gasteiger partial charge on any atom is -0.478 e. The zero-order valence-corrected chi connectivity index (χ0v) is 15.1. The van der Waals surface area contributed by atoms with Crippen LogP contribution in [-0.4, -0.2) is 40.2 Å². The lowest BCUT2D eigenvalue weighted by Crippen LogP contribution is -2.21. The maximum Gasteiger partial charge on any atom is 0.335 e. The average Bonchev–Trinajstić information content (AvgIpc) is 3.17. The van der Waals surface area contributed by atoms with Gasteiger partial charge in [-0.05, 0) is 75.4 Å². The van der Waals surface area contributed by atoms with Crippen molar-refractivity contribution >= 4 is 16.9 Å². The average molecular weight is 328 g/mol. The van der Waals surface area contributed by atoms with Crippen molar-refractivity contribution in [3.05, 3.63) is 34.5 Å². The van der Waals surface area contributed by atoms with Gasteiger partial charge in [0.1, 0.15) is 0 Å². The van der Waals surface area contributed by atoms with Gasteiger partial charge in [-0.25, -0.2) is 4.79 Å². The van der Waals surface area contributed by atoms with Crippen LogP contribution in [0.1, 0.15) is 53.2 Å². The molecule has 0 spiro atoms. The lowest BCUT2D eigenvalue weighted by molar-refractivity contribution is 0.0696. The van der Waals surface area contributed by atoms with E-state index in [0.29, 0.717) is 5.56 Å². The number of carbonyl (C=O) groups is 1. The largest absolute Gasteiger partial charge is 0.478 e. The Morgan fingerprint density at radius 2 is 1.92 bits per heavy atom. The van der Waals surface area contributed by atoms with E-state index in [2.05, 4.69) is 22.6 Å². The van der Waals surface area contributed by atoms with Crippen molar-refractivity contribution in [1.29, 1.82) is 0 Å². The third-order valence-corrected chi connectivity index (χ3v) is 5.26. The van der Waals surface area contributed by atoms with Crippen LogP contribution >= 0.6 is 0 Å². The predicted molar refractivity (Wildman–Crippen MR) is 98.0 cm³/mol. The number of benzene rings is 1. The quantitative estimate of drug-likeness (QED) is 0.871. The van der Waals surface area contributed by atoms with Crippen LogP contribution < -0.4 is 0 Å². The van der Waals surface area contributed by atoms with Gasteiger partial charge < -0.3 is 14.6 Å². The molecule has 2 aromatic rings. The summed E-state index contributed by atoms with van der Waals surface area (Å²) in [5, 5.41) is 10.7. The van der Waals surface area contributed by atoms with Gasteiger partial charge in [0.05, 0.1) is 11.1 Å². The zero-order chi connectivity index (χ0) is 17.3. The molecule has 0 radical (unpaired) electrons. The molecule has 24 heavy (non-hydrogen) atoms. The SMILES string of the molecule is CCCn1cc(CCN2CCCC2)c2c(C)c(C(=O)O)cc(C)c21. The Kier molecular flexibility index (Phi) is 4.95. The van der Waals surface area contributed by atoms with E-state index in [4.69, 9.17) is 0 Å². The molecule has 0 aliphatic carbocycles. The molecular weight excluding hydrogens is 300 g/mol. The standard InChI is InChI=1S/C20H28N2O2/c1-4-8-22-13-16(7-11-21-9-5-6-10-21)18-15(3)17(20(23)24)12-14(2)19(18)22/h12-13H,4-11H2,1-3H3,(H,23,24). The predicted octanol–water partition coefficient (Wildman–Crippen LogP) is 4.00. The van der Waals surface area contributed by atoms with Crippen molar-refractivity contribution in [1.82, 2.24) is 9.47 Å². The molecule has 1 aliphatic heterocycles. The Balaban J connectivity index is 2.07. The lowest BCUT2D eigenvalue weighted by atomic mass is 9.97. The third kappa shape index (κ3) is 3.07. The Labute approximate surface area is 144 Å². The van der Waals surface area contributed by atoms with Crippen LogP contribution in [0.4, 0.5) is 0 Å². The minimum atomic E-state index is -0.828. The van der Waals surface area contributed by atoms with Crippen molar-refractivity contribution in [2.45, 2.75) is 53.0 Å². The number of carboxylic acid groups (broad SMARTS) is 1. The van der Waals surface area contributed by atoms with E-state index in [1.807, 2.05) is 19.9 Å². The summed E-state index contributed by atoms with van der Waals surface area (Å²) in [6, 6.07) is 1.83. The van der Waals surface area contributed by atoms with Crippen molar-refractivity contribution in [2.24, 2.45) is 0 Å². The number of aryl methyl sites for hydroxylation is 3. The van der Waals surface area contributed by atoms with Gasteiger partial charge in [0, 0.05) is 24.7 Å². The van der Waals surface area contributed by atoms with Crippen molar-refractivity contribution in [3.8, 4) is 0 Å². The lowest BCUT2D eigenvalue weighted by Gasteiger charge is -2.14. The zero-order valence-electron chi connectivity index (χ0n) is 15.1. The van der Waals surface area contributed by atoms with Crippen LogP contribution in [0.3, 0.4) is 0 Å². The van der Waals surface area contributed by atoms with E-state index < -0.39 is 5.97 Å². The summed E-state index contributed by atoms with van der Waals surface area (Å²) in [5.74, 6) is -0.828. The second kappa shape index (κ2) is 6.98. The van der Waals surface area contributed by atoms with Gasteiger partial charge in [-0.3, -0.25) is 0 Å². The summed E-state index contributed by atoms with van der Waals surface area (Å²) >= 11 is 0. The van der Waals surface area contributed by atoms with E-state index in [1.54, 1.807) is 0 Å². The van der Waals surface area contributed by atoms with Crippen LogP contribution in [-0.2, 0) is 13.0 Å². The molecule has 4 nitrogen and oxygen atoms in total. The Morgan fingerprint density at radius 1 is 1.21 bits per heavy atom. The van der Waals surface area contributed by atoms with Crippen molar-refractivity contribution < 1.29 is 9.90 Å². The maximum absolute atomic E-state index is 11.6. The number of hydrogen-bond acceptors (Lipinski definition) is 2. The van der Waals surface area contributed by atoms with Crippen LogP contribution in [0.25, 0.3) is 10.9 Å². The molecule has 1 fully saturated rings.